The Morgan fingerprint density at radius 1 is 0.306 bits per heavy atom. The molecule has 0 saturated carbocycles. The Morgan fingerprint density at radius 3 is 1.37 bits per heavy atom. The molecule has 2 heterocycles. The fourth-order valence-electron chi connectivity index (χ4n) is 6.46. The van der Waals surface area contributed by atoms with E-state index in [9.17, 15) is 0 Å². The highest BCUT2D eigenvalue weighted by molar-refractivity contribution is 6.12. The molecule has 9 rings (SSSR count). The van der Waals surface area contributed by atoms with Gasteiger partial charge in [0.15, 0.2) is 17.5 Å². The molecule has 49 heavy (non-hydrogen) atoms. The molecule has 0 bridgehead atoms. The highest BCUT2D eigenvalue weighted by Gasteiger charge is 2.18. The quantitative estimate of drug-likeness (QED) is 0.184. The van der Waals surface area contributed by atoms with E-state index in [0.29, 0.717) is 17.5 Å². The molecule has 0 saturated heterocycles. The van der Waals surface area contributed by atoms with Gasteiger partial charge in [-0.3, -0.25) is 0 Å². The summed E-state index contributed by atoms with van der Waals surface area (Å²) in [7, 11) is 0. The zero-order valence-corrected chi connectivity index (χ0v) is 26.5. The molecule has 0 aliphatic carbocycles. The van der Waals surface area contributed by atoms with Gasteiger partial charge in [0.2, 0.25) is 0 Å². The maximum Gasteiger partial charge on any atom is 0.164 e. The van der Waals surface area contributed by atoms with Gasteiger partial charge in [0.25, 0.3) is 0 Å². The van der Waals surface area contributed by atoms with Crippen molar-refractivity contribution in [1.29, 1.82) is 0 Å². The summed E-state index contributed by atoms with van der Waals surface area (Å²) >= 11 is 0. The van der Waals surface area contributed by atoms with Crippen LogP contribution in [0.5, 0.6) is 0 Å². The van der Waals surface area contributed by atoms with E-state index in [0.717, 1.165) is 66.4 Å². The van der Waals surface area contributed by atoms with Crippen molar-refractivity contribution in [2.75, 3.05) is 0 Å². The molecule has 0 radical (unpaired) electrons. The lowest BCUT2D eigenvalue weighted by atomic mass is 9.94. The van der Waals surface area contributed by atoms with E-state index in [1.54, 1.807) is 0 Å². The molecular weight excluding hydrogens is 599 g/mol. The number of aromatic nitrogens is 3. The third-order valence-corrected chi connectivity index (χ3v) is 8.92. The highest BCUT2D eigenvalue weighted by Crippen LogP contribution is 2.41. The van der Waals surface area contributed by atoms with Crippen LogP contribution in [-0.2, 0) is 0 Å². The highest BCUT2D eigenvalue weighted by atomic mass is 16.3. The molecule has 0 spiro atoms. The molecule has 0 aliphatic rings. The molecule has 2 aromatic heterocycles. The first-order valence-electron chi connectivity index (χ1n) is 16.4. The summed E-state index contributed by atoms with van der Waals surface area (Å²) in [4.78, 5) is 14.9. The molecule has 0 atom stereocenters. The van der Waals surface area contributed by atoms with Crippen LogP contribution in [0.15, 0.2) is 180 Å². The normalized spacial score (nSPS) is 11.3. The minimum atomic E-state index is 0.613. The molecule has 0 fully saturated rings. The van der Waals surface area contributed by atoms with Gasteiger partial charge in [0.1, 0.15) is 11.2 Å². The van der Waals surface area contributed by atoms with E-state index in [2.05, 4.69) is 103 Å². The van der Waals surface area contributed by atoms with E-state index in [1.807, 2.05) is 72.8 Å². The SMILES string of the molecule is c1ccc(-c2ccc3oc4c(-c5cccc(-c6nc(-c7ccccc7)nc(-c7ccccc7)n6)c5)cc(-c5ccccc5)cc4c3c2)cc1. The van der Waals surface area contributed by atoms with Crippen molar-refractivity contribution in [3.8, 4) is 67.5 Å². The molecule has 0 N–H and O–H groups in total. The summed E-state index contributed by atoms with van der Waals surface area (Å²) in [5, 5.41) is 2.16. The molecule has 7 aromatic carbocycles. The van der Waals surface area contributed by atoms with Gasteiger partial charge in [-0.2, -0.15) is 0 Å². The monoisotopic (exact) mass is 627 g/mol. The van der Waals surface area contributed by atoms with E-state index in [-0.39, 0.29) is 0 Å². The Labute approximate surface area is 284 Å². The molecule has 0 unspecified atom stereocenters. The number of benzene rings is 7. The van der Waals surface area contributed by atoms with Gasteiger partial charge >= 0.3 is 0 Å². The van der Waals surface area contributed by atoms with Crippen LogP contribution in [0.25, 0.3) is 89.5 Å². The molecule has 4 heteroatoms. The van der Waals surface area contributed by atoms with E-state index >= 15 is 0 Å². The average molecular weight is 628 g/mol. The third kappa shape index (κ3) is 5.45. The number of hydrogen-bond acceptors (Lipinski definition) is 4. The fourth-order valence-corrected chi connectivity index (χ4v) is 6.46. The summed E-state index contributed by atoms with van der Waals surface area (Å²) in [6, 6.07) is 60.5. The molecule has 4 nitrogen and oxygen atoms in total. The Hall–Kier alpha value is -6.65. The van der Waals surface area contributed by atoms with Crippen LogP contribution in [0.1, 0.15) is 0 Å². The topological polar surface area (TPSA) is 51.8 Å². The number of nitrogens with zero attached hydrogens (tertiary/aromatic N) is 3. The number of rotatable bonds is 6. The van der Waals surface area contributed by atoms with Crippen LogP contribution in [0.2, 0.25) is 0 Å². The van der Waals surface area contributed by atoms with Crippen molar-refractivity contribution in [1.82, 2.24) is 15.0 Å². The van der Waals surface area contributed by atoms with Gasteiger partial charge in [-0.25, -0.2) is 15.0 Å². The Bertz CT molecular complexity index is 2520. The first-order valence-corrected chi connectivity index (χ1v) is 16.4. The summed E-state index contributed by atoms with van der Waals surface area (Å²) < 4.78 is 6.68. The Morgan fingerprint density at radius 2 is 0.776 bits per heavy atom. The summed E-state index contributed by atoms with van der Waals surface area (Å²) in [6.45, 7) is 0. The minimum absolute atomic E-state index is 0.613. The van der Waals surface area contributed by atoms with Gasteiger partial charge in [-0.1, -0.05) is 146 Å². The summed E-state index contributed by atoms with van der Waals surface area (Å²) in [5.74, 6) is 1.88. The van der Waals surface area contributed by atoms with Crippen molar-refractivity contribution in [3.63, 3.8) is 0 Å². The second-order valence-corrected chi connectivity index (χ2v) is 12.1. The van der Waals surface area contributed by atoms with Crippen molar-refractivity contribution in [2.24, 2.45) is 0 Å². The average Bonchev–Trinajstić information content (AvgIpc) is 3.57. The zero-order chi connectivity index (χ0) is 32.6. The van der Waals surface area contributed by atoms with E-state index < -0.39 is 0 Å². The molecule has 230 valence electrons. The predicted molar refractivity (Wildman–Crippen MR) is 200 cm³/mol. The van der Waals surface area contributed by atoms with Crippen molar-refractivity contribution in [2.45, 2.75) is 0 Å². The Balaban J connectivity index is 1.24. The molecule has 9 aromatic rings. The van der Waals surface area contributed by atoms with Crippen molar-refractivity contribution in [3.05, 3.63) is 176 Å². The maximum absolute atomic E-state index is 6.68. The van der Waals surface area contributed by atoms with Crippen LogP contribution in [0.3, 0.4) is 0 Å². The number of hydrogen-bond donors (Lipinski definition) is 0. The van der Waals surface area contributed by atoms with Gasteiger partial charge < -0.3 is 4.42 Å². The van der Waals surface area contributed by atoms with Crippen LogP contribution in [0, 0.1) is 0 Å². The molecule has 0 amide bonds. The maximum atomic E-state index is 6.68. The van der Waals surface area contributed by atoms with Crippen LogP contribution < -0.4 is 0 Å². The second-order valence-electron chi connectivity index (χ2n) is 12.1. The van der Waals surface area contributed by atoms with Gasteiger partial charge in [-0.05, 0) is 58.1 Å². The Kier molecular flexibility index (Phi) is 7.10. The third-order valence-electron chi connectivity index (χ3n) is 8.92. The summed E-state index contributed by atoms with van der Waals surface area (Å²) in [5.41, 5.74) is 11.1. The lowest BCUT2D eigenvalue weighted by Gasteiger charge is -2.11. The van der Waals surface area contributed by atoms with Crippen LogP contribution >= 0.6 is 0 Å². The fraction of sp³-hybridized carbons (Fsp3) is 0. The summed E-state index contributed by atoms with van der Waals surface area (Å²) in [6.07, 6.45) is 0. The lowest BCUT2D eigenvalue weighted by molar-refractivity contribution is 0.670. The van der Waals surface area contributed by atoms with Crippen molar-refractivity contribution < 1.29 is 4.42 Å². The molecule has 0 aliphatic heterocycles. The first kappa shape index (κ1) is 28.6. The molecular formula is C45H29N3O. The van der Waals surface area contributed by atoms with E-state index in [1.165, 1.54) is 5.56 Å². The number of furan rings is 1. The minimum Gasteiger partial charge on any atom is -0.455 e. The van der Waals surface area contributed by atoms with Crippen LogP contribution in [-0.4, -0.2) is 15.0 Å². The number of fused-ring (bicyclic) bond motifs is 3. The zero-order valence-electron chi connectivity index (χ0n) is 26.5. The van der Waals surface area contributed by atoms with Crippen LogP contribution in [0.4, 0.5) is 0 Å². The van der Waals surface area contributed by atoms with Gasteiger partial charge in [-0.15, -0.1) is 0 Å². The van der Waals surface area contributed by atoms with Gasteiger partial charge in [0, 0.05) is 33.0 Å². The van der Waals surface area contributed by atoms with Crippen molar-refractivity contribution >= 4 is 21.9 Å². The van der Waals surface area contributed by atoms with Gasteiger partial charge in [0.05, 0.1) is 0 Å². The largest absolute Gasteiger partial charge is 0.455 e. The predicted octanol–water partition coefficient (Wildman–Crippen LogP) is 11.8. The lowest BCUT2D eigenvalue weighted by Crippen LogP contribution is -2.00. The first-order chi connectivity index (χ1) is 24.3. The van der Waals surface area contributed by atoms with E-state index in [4.69, 9.17) is 19.4 Å². The second kappa shape index (κ2) is 12.2. The standard InChI is InChI=1S/C45H29N3O/c1-5-14-30(15-6-1)34-24-25-41-39(27-34)40-29-37(31-16-7-2-8-17-31)28-38(42(40)49-41)35-22-13-23-36(26-35)45-47-43(32-18-9-3-10-19-32)46-44(48-45)33-20-11-4-12-21-33/h1-29H. The smallest absolute Gasteiger partial charge is 0.164 e.